The molecule has 0 radical (unpaired) electrons. The lowest BCUT2D eigenvalue weighted by Crippen LogP contribution is -2.50. The Bertz CT molecular complexity index is 145. The van der Waals surface area contributed by atoms with Crippen LogP contribution >= 0.6 is 0 Å². The zero-order valence-electron chi connectivity index (χ0n) is 9.04. The van der Waals surface area contributed by atoms with Crippen LogP contribution in [0.4, 0.5) is 0 Å². The van der Waals surface area contributed by atoms with Crippen LogP contribution in [0.5, 0.6) is 0 Å². The summed E-state index contributed by atoms with van der Waals surface area (Å²) in [6, 6.07) is 1.52. The van der Waals surface area contributed by atoms with Crippen LogP contribution in [0.25, 0.3) is 0 Å². The van der Waals surface area contributed by atoms with Crippen molar-refractivity contribution < 1.29 is 0 Å². The van der Waals surface area contributed by atoms with Gasteiger partial charge in [0.1, 0.15) is 0 Å². The second-order valence-corrected chi connectivity index (χ2v) is 4.53. The van der Waals surface area contributed by atoms with E-state index in [9.17, 15) is 0 Å². The largest absolute Gasteiger partial charge is 0.306 e. The highest BCUT2D eigenvalue weighted by molar-refractivity contribution is 4.85. The molecule has 12 heavy (non-hydrogen) atoms. The highest BCUT2D eigenvalue weighted by atomic mass is 15.2. The summed E-state index contributed by atoms with van der Waals surface area (Å²) in [7, 11) is 6.62. The van der Waals surface area contributed by atoms with Crippen LogP contribution in [-0.2, 0) is 0 Å². The highest BCUT2D eigenvalue weighted by Crippen LogP contribution is 2.23. The Labute approximate surface area is 76.5 Å². The zero-order valence-corrected chi connectivity index (χ0v) is 9.04. The number of rotatable bonds is 1. The van der Waals surface area contributed by atoms with E-state index in [1.165, 1.54) is 13.0 Å². The molecule has 0 aromatic carbocycles. The third kappa shape index (κ3) is 1.99. The molecule has 72 valence electrons. The van der Waals surface area contributed by atoms with Gasteiger partial charge < -0.3 is 9.80 Å². The highest BCUT2D eigenvalue weighted by Gasteiger charge is 2.29. The van der Waals surface area contributed by atoms with Gasteiger partial charge in [-0.15, -0.1) is 0 Å². The molecule has 0 bridgehead atoms. The van der Waals surface area contributed by atoms with E-state index in [2.05, 4.69) is 44.8 Å². The maximum atomic E-state index is 2.46. The first-order chi connectivity index (χ1) is 5.52. The minimum Gasteiger partial charge on any atom is -0.306 e. The van der Waals surface area contributed by atoms with E-state index >= 15 is 0 Å². The summed E-state index contributed by atoms with van der Waals surface area (Å²) in [5.74, 6) is 0.807. The molecule has 3 atom stereocenters. The quantitative estimate of drug-likeness (QED) is 0.585. The molecule has 0 saturated carbocycles. The summed E-state index contributed by atoms with van der Waals surface area (Å²) in [6.45, 7) is 5.92. The first kappa shape index (κ1) is 10.0. The van der Waals surface area contributed by atoms with Gasteiger partial charge in [-0.05, 0) is 40.4 Å². The molecule has 0 amide bonds. The molecular formula is C10H22N2. The van der Waals surface area contributed by atoms with Crippen LogP contribution in [0.3, 0.4) is 0 Å². The van der Waals surface area contributed by atoms with Gasteiger partial charge in [-0.25, -0.2) is 0 Å². The fraction of sp³-hybridized carbons (Fsp3) is 1.00. The van der Waals surface area contributed by atoms with Gasteiger partial charge in [0, 0.05) is 18.6 Å². The third-order valence-electron chi connectivity index (χ3n) is 3.23. The Morgan fingerprint density at radius 1 is 1.25 bits per heavy atom. The van der Waals surface area contributed by atoms with Crippen molar-refractivity contribution in [2.75, 3.05) is 27.7 Å². The predicted octanol–water partition coefficient (Wildman–Crippen LogP) is 1.28. The van der Waals surface area contributed by atoms with Gasteiger partial charge in [-0.2, -0.15) is 0 Å². The normalized spacial score (nSPS) is 39.0. The van der Waals surface area contributed by atoms with Crippen LogP contribution in [0.1, 0.15) is 20.3 Å². The molecule has 0 spiro atoms. The van der Waals surface area contributed by atoms with Crippen LogP contribution in [0, 0.1) is 5.92 Å². The first-order valence-electron chi connectivity index (χ1n) is 4.89. The standard InChI is InChI=1S/C10H22N2/c1-8-7-12(5)9(2)6-10(8)11(3)4/h8-10H,6-7H2,1-5H3/t8-,9-,10-/m1/s1. The topological polar surface area (TPSA) is 6.48 Å². The monoisotopic (exact) mass is 170 g/mol. The van der Waals surface area contributed by atoms with E-state index in [4.69, 9.17) is 0 Å². The lowest BCUT2D eigenvalue weighted by Gasteiger charge is -2.42. The molecule has 1 aliphatic rings. The number of likely N-dealkylation sites (tertiary alicyclic amines) is 1. The molecular weight excluding hydrogens is 148 g/mol. The van der Waals surface area contributed by atoms with Gasteiger partial charge in [-0.3, -0.25) is 0 Å². The van der Waals surface area contributed by atoms with Crippen molar-refractivity contribution in [3.05, 3.63) is 0 Å². The Morgan fingerprint density at radius 2 is 1.83 bits per heavy atom. The molecule has 1 fully saturated rings. The fourth-order valence-corrected chi connectivity index (χ4v) is 2.24. The number of hydrogen-bond acceptors (Lipinski definition) is 2. The van der Waals surface area contributed by atoms with Gasteiger partial charge in [0.2, 0.25) is 0 Å². The number of hydrogen-bond donors (Lipinski definition) is 0. The summed E-state index contributed by atoms with van der Waals surface area (Å²) in [6.07, 6.45) is 1.31. The second-order valence-electron chi connectivity index (χ2n) is 4.53. The first-order valence-corrected chi connectivity index (χ1v) is 4.89. The number of piperidine rings is 1. The SMILES string of the molecule is C[C@@H]1CN(C)[C@H](C)C[C@H]1N(C)C. The van der Waals surface area contributed by atoms with Crippen molar-refractivity contribution in [3.8, 4) is 0 Å². The van der Waals surface area contributed by atoms with Crippen LogP contribution in [-0.4, -0.2) is 49.6 Å². The summed E-state index contributed by atoms with van der Waals surface area (Å²) in [4.78, 5) is 4.83. The van der Waals surface area contributed by atoms with E-state index in [1.54, 1.807) is 0 Å². The Hall–Kier alpha value is -0.0800. The fourth-order valence-electron chi connectivity index (χ4n) is 2.24. The van der Waals surface area contributed by atoms with Crippen LogP contribution in [0.15, 0.2) is 0 Å². The predicted molar refractivity (Wildman–Crippen MR) is 53.3 cm³/mol. The lowest BCUT2D eigenvalue weighted by molar-refractivity contribution is 0.0726. The maximum absolute atomic E-state index is 2.46. The molecule has 0 aliphatic carbocycles. The van der Waals surface area contributed by atoms with Crippen molar-refractivity contribution in [2.45, 2.75) is 32.4 Å². The minimum atomic E-state index is 0.744. The molecule has 1 heterocycles. The van der Waals surface area contributed by atoms with Gasteiger partial charge in [0.15, 0.2) is 0 Å². The van der Waals surface area contributed by atoms with Crippen molar-refractivity contribution in [3.63, 3.8) is 0 Å². The van der Waals surface area contributed by atoms with E-state index in [0.717, 1.165) is 18.0 Å². The summed E-state index contributed by atoms with van der Waals surface area (Å²) < 4.78 is 0. The van der Waals surface area contributed by atoms with Crippen LogP contribution < -0.4 is 0 Å². The molecule has 2 nitrogen and oxygen atoms in total. The van der Waals surface area contributed by atoms with Gasteiger partial charge in [0.05, 0.1) is 0 Å². The molecule has 0 N–H and O–H groups in total. The van der Waals surface area contributed by atoms with E-state index < -0.39 is 0 Å². The third-order valence-corrected chi connectivity index (χ3v) is 3.23. The number of nitrogens with zero attached hydrogens (tertiary/aromatic N) is 2. The molecule has 0 aromatic heterocycles. The molecule has 2 heteroatoms. The average Bonchev–Trinajstić information content (AvgIpc) is 1.96. The zero-order chi connectivity index (χ0) is 9.30. The van der Waals surface area contributed by atoms with E-state index in [-0.39, 0.29) is 0 Å². The van der Waals surface area contributed by atoms with Gasteiger partial charge >= 0.3 is 0 Å². The van der Waals surface area contributed by atoms with E-state index in [0.29, 0.717) is 0 Å². The molecule has 1 rings (SSSR count). The van der Waals surface area contributed by atoms with Crippen molar-refractivity contribution in [1.29, 1.82) is 0 Å². The smallest absolute Gasteiger partial charge is 0.0142 e. The minimum absolute atomic E-state index is 0.744. The Kier molecular flexibility index (Phi) is 3.13. The van der Waals surface area contributed by atoms with Crippen LogP contribution in [0.2, 0.25) is 0 Å². The Morgan fingerprint density at radius 3 is 2.33 bits per heavy atom. The molecule has 1 saturated heterocycles. The van der Waals surface area contributed by atoms with Gasteiger partial charge in [-0.1, -0.05) is 6.92 Å². The van der Waals surface area contributed by atoms with Crippen molar-refractivity contribution >= 4 is 0 Å². The second kappa shape index (κ2) is 3.75. The Balaban J connectivity index is 2.55. The van der Waals surface area contributed by atoms with Crippen molar-refractivity contribution in [2.24, 2.45) is 5.92 Å². The molecule has 1 aliphatic heterocycles. The van der Waals surface area contributed by atoms with Gasteiger partial charge in [0.25, 0.3) is 0 Å². The summed E-state index contributed by atoms with van der Waals surface area (Å²) >= 11 is 0. The molecule has 0 unspecified atom stereocenters. The summed E-state index contributed by atoms with van der Waals surface area (Å²) in [5.41, 5.74) is 0. The summed E-state index contributed by atoms with van der Waals surface area (Å²) in [5, 5.41) is 0. The molecule has 0 aromatic rings. The van der Waals surface area contributed by atoms with E-state index in [1.807, 2.05) is 0 Å². The lowest BCUT2D eigenvalue weighted by atomic mass is 9.89. The maximum Gasteiger partial charge on any atom is 0.0142 e. The van der Waals surface area contributed by atoms with Crippen molar-refractivity contribution in [1.82, 2.24) is 9.80 Å². The average molecular weight is 170 g/mol.